The smallest absolute Gasteiger partial charge is 0.213 e. The van der Waals surface area contributed by atoms with E-state index in [0.717, 1.165) is 37.3 Å². The fraction of sp³-hybridized carbons (Fsp3) is 0.524. The highest BCUT2D eigenvalue weighted by Gasteiger charge is 2.27. The summed E-state index contributed by atoms with van der Waals surface area (Å²) in [6, 6.07) is 7.31. The lowest BCUT2D eigenvalue weighted by atomic mass is 9.90. The van der Waals surface area contributed by atoms with Crippen LogP contribution in [-0.2, 0) is 6.42 Å². The Hall–Kier alpha value is -2.01. The number of rotatable bonds is 5. The second-order valence-electron chi connectivity index (χ2n) is 7.36. The first-order valence-corrected chi connectivity index (χ1v) is 9.35. The van der Waals surface area contributed by atoms with E-state index in [9.17, 15) is 4.39 Å². The molecule has 0 bridgehead atoms. The normalized spacial score (nSPS) is 19.3. The second kappa shape index (κ2) is 8.12. The van der Waals surface area contributed by atoms with Gasteiger partial charge in [-0.2, -0.15) is 0 Å². The van der Waals surface area contributed by atoms with E-state index >= 15 is 0 Å². The number of nitrogens with zero attached hydrogens (tertiary/aromatic N) is 3. The van der Waals surface area contributed by atoms with Crippen LogP contribution < -0.4 is 4.74 Å². The Kier molecular flexibility index (Phi) is 5.87. The van der Waals surface area contributed by atoms with Crippen molar-refractivity contribution in [3.63, 3.8) is 0 Å². The Morgan fingerprint density at radius 2 is 1.96 bits per heavy atom. The van der Waals surface area contributed by atoms with Crippen LogP contribution in [-0.4, -0.2) is 35.1 Å². The molecule has 0 N–H and O–H groups in total. The number of halogens is 1. The lowest BCUT2D eigenvalue weighted by molar-refractivity contribution is 0.126. The van der Waals surface area contributed by atoms with E-state index in [-0.39, 0.29) is 11.9 Å². The highest BCUT2D eigenvalue weighted by atomic mass is 19.1. The maximum absolute atomic E-state index is 14.3. The molecule has 5 heteroatoms. The molecule has 2 atom stereocenters. The van der Waals surface area contributed by atoms with Crippen molar-refractivity contribution in [2.45, 2.75) is 46.1 Å². The first-order chi connectivity index (χ1) is 12.5. The summed E-state index contributed by atoms with van der Waals surface area (Å²) in [5.41, 5.74) is 3.97. The molecule has 0 spiro atoms. The molecule has 0 aliphatic carbocycles. The predicted octanol–water partition coefficient (Wildman–Crippen LogP) is 4.26. The van der Waals surface area contributed by atoms with Crippen LogP contribution in [0.5, 0.6) is 5.88 Å². The number of ether oxygens (including phenoxy) is 1. The molecule has 1 fully saturated rings. The summed E-state index contributed by atoms with van der Waals surface area (Å²) in [5.74, 6) is 0.770. The van der Waals surface area contributed by atoms with E-state index in [1.54, 1.807) is 13.2 Å². The lowest BCUT2D eigenvalue weighted by Crippen LogP contribution is -2.38. The maximum atomic E-state index is 14.3. The molecule has 4 nitrogen and oxygen atoms in total. The average Bonchev–Trinajstić information content (AvgIpc) is 2.61. The molecule has 2 aromatic rings. The molecule has 140 valence electrons. The van der Waals surface area contributed by atoms with E-state index < -0.39 is 0 Å². The number of aryl methyl sites for hydroxylation is 2. The topological polar surface area (TPSA) is 38.2 Å². The van der Waals surface area contributed by atoms with Crippen molar-refractivity contribution < 1.29 is 9.13 Å². The summed E-state index contributed by atoms with van der Waals surface area (Å²) in [6.07, 6.45) is 3.38. The summed E-state index contributed by atoms with van der Waals surface area (Å²) < 4.78 is 19.5. The average molecular weight is 357 g/mol. The standard InChI is InChI=1S/C21H28FN3O/c1-14-10-18(11-15(2)23-14)12-17-6-5-9-25(13-17)16(3)21-19(22)7-8-20(24-21)26-4/h7-8,10-11,16-17H,5-6,9,12-13H2,1-4H3/t16-,17+/m0/s1. The van der Waals surface area contributed by atoms with Gasteiger partial charge in [0.05, 0.1) is 18.8 Å². The minimum absolute atomic E-state index is 0.0613. The molecular weight excluding hydrogens is 329 g/mol. The van der Waals surface area contributed by atoms with Crippen molar-refractivity contribution in [3.05, 3.63) is 52.7 Å². The van der Waals surface area contributed by atoms with Gasteiger partial charge in [-0.3, -0.25) is 9.88 Å². The highest BCUT2D eigenvalue weighted by Crippen LogP contribution is 2.29. The fourth-order valence-electron chi connectivity index (χ4n) is 4.01. The van der Waals surface area contributed by atoms with Crippen molar-refractivity contribution in [1.82, 2.24) is 14.9 Å². The number of methoxy groups -OCH3 is 1. The molecule has 0 saturated carbocycles. The quantitative estimate of drug-likeness (QED) is 0.801. The third kappa shape index (κ3) is 4.39. The minimum Gasteiger partial charge on any atom is -0.481 e. The molecule has 0 amide bonds. The van der Waals surface area contributed by atoms with Gasteiger partial charge in [-0.05, 0) is 76.3 Å². The summed E-state index contributed by atoms with van der Waals surface area (Å²) in [5, 5.41) is 0. The third-order valence-corrected chi connectivity index (χ3v) is 5.22. The van der Waals surface area contributed by atoms with Crippen LogP contribution in [0.1, 0.15) is 48.5 Å². The number of likely N-dealkylation sites (tertiary alicyclic amines) is 1. The van der Waals surface area contributed by atoms with Crippen molar-refractivity contribution >= 4 is 0 Å². The first-order valence-electron chi connectivity index (χ1n) is 9.35. The van der Waals surface area contributed by atoms with Gasteiger partial charge in [0, 0.05) is 24.0 Å². The Morgan fingerprint density at radius 3 is 2.65 bits per heavy atom. The van der Waals surface area contributed by atoms with Gasteiger partial charge in [-0.15, -0.1) is 0 Å². The van der Waals surface area contributed by atoms with Gasteiger partial charge in [0.25, 0.3) is 0 Å². The lowest BCUT2D eigenvalue weighted by Gasteiger charge is -2.36. The highest BCUT2D eigenvalue weighted by molar-refractivity contribution is 5.22. The van der Waals surface area contributed by atoms with Crippen molar-refractivity contribution in [3.8, 4) is 5.88 Å². The van der Waals surface area contributed by atoms with E-state index in [0.29, 0.717) is 17.5 Å². The fourth-order valence-corrected chi connectivity index (χ4v) is 4.01. The molecule has 26 heavy (non-hydrogen) atoms. The summed E-state index contributed by atoms with van der Waals surface area (Å²) in [7, 11) is 1.56. The van der Waals surface area contributed by atoms with Crippen LogP contribution in [0.25, 0.3) is 0 Å². The Bertz CT molecular complexity index is 745. The molecule has 1 aliphatic rings. The van der Waals surface area contributed by atoms with Gasteiger partial charge in [0.1, 0.15) is 5.82 Å². The number of piperidine rings is 1. The largest absolute Gasteiger partial charge is 0.481 e. The van der Waals surface area contributed by atoms with Gasteiger partial charge in [0.15, 0.2) is 0 Å². The van der Waals surface area contributed by atoms with Gasteiger partial charge < -0.3 is 4.74 Å². The van der Waals surface area contributed by atoms with Crippen LogP contribution in [0.2, 0.25) is 0 Å². The monoisotopic (exact) mass is 357 g/mol. The number of hydrogen-bond acceptors (Lipinski definition) is 4. The van der Waals surface area contributed by atoms with E-state index in [2.05, 4.69) is 27.0 Å². The summed E-state index contributed by atoms with van der Waals surface area (Å²) in [4.78, 5) is 11.2. The van der Waals surface area contributed by atoms with E-state index in [4.69, 9.17) is 4.74 Å². The Morgan fingerprint density at radius 1 is 1.23 bits per heavy atom. The number of pyridine rings is 2. The van der Waals surface area contributed by atoms with Crippen LogP contribution in [0.3, 0.4) is 0 Å². The zero-order valence-electron chi connectivity index (χ0n) is 16.1. The molecule has 1 aliphatic heterocycles. The molecule has 0 radical (unpaired) electrons. The van der Waals surface area contributed by atoms with Crippen molar-refractivity contribution in [2.24, 2.45) is 5.92 Å². The Balaban J connectivity index is 1.71. The molecule has 2 aromatic heterocycles. The molecule has 3 rings (SSSR count). The van der Waals surface area contributed by atoms with Crippen LogP contribution in [0, 0.1) is 25.6 Å². The maximum Gasteiger partial charge on any atom is 0.213 e. The van der Waals surface area contributed by atoms with Gasteiger partial charge in [-0.1, -0.05) is 0 Å². The van der Waals surface area contributed by atoms with E-state index in [1.807, 2.05) is 20.8 Å². The van der Waals surface area contributed by atoms with Crippen LogP contribution in [0.15, 0.2) is 24.3 Å². The van der Waals surface area contributed by atoms with Gasteiger partial charge >= 0.3 is 0 Å². The molecule has 0 unspecified atom stereocenters. The first kappa shape index (κ1) is 18.8. The Labute approximate surface area is 155 Å². The minimum atomic E-state index is -0.263. The van der Waals surface area contributed by atoms with Crippen molar-refractivity contribution in [2.75, 3.05) is 20.2 Å². The molecular formula is C21H28FN3O. The zero-order valence-corrected chi connectivity index (χ0v) is 16.1. The van der Waals surface area contributed by atoms with Crippen LogP contribution in [0.4, 0.5) is 4.39 Å². The third-order valence-electron chi connectivity index (χ3n) is 5.22. The number of aromatic nitrogens is 2. The summed E-state index contributed by atoms with van der Waals surface area (Å²) >= 11 is 0. The molecule has 0 aromatic carbocycles. The van der Waals surface area contributed by atoms with E-state index in [1.165, 1.54) is 18.1 Å². The molecule has 1 saturated heterocycles. The zero-order chi connectivity index (χ0) is 18.7. The second-order valence-corrected chi connectivity index (χ2v) is 7.36. The van der Waals surface area contributed by atoms with Crippen molar-refractivity contribution in [1.29, 1.82) is 0 Å². The SMILES string of the molecule is COc1ccc(F)c([C@H](C)N2CCC[C@H](Cc3cc(C)nc(C)c3)C2)n1. The molecule has 3 heterocycles. The van der Waals surface area contributed by atoms with Crippen LogP contribution >= 0.6 is 0 Å². The predicted molar refractivity (Wildman–Crippen MR) is 101 cm³/mol. The van der Waals surface area contributed by atoms with Gasteiger partial charge in [-0.25, -0.2) is 9.37 Å². The van der Waals surface area contributed by atoms with Gasteiger partial charge in [0.2, 0.25) is 5.88 Å². The summed E-state index contributed by atoms with van der Waals surface area (Å²) in [6.45, 7) is 8.06. The number of hydrogen-bond donors (Lipinski definition) is 0.